The number of Topliss-reactive ketones (excluding diaryl/α,β-unsaturated/α-hetero) is 2. The van der Waals surface area contributed by atoms with Crippen LogP contribution >= 0.6 is 0 Å². The van der Waals surface area contributed by atoms with E-state index >= 15 is 0 Å². The molecule has 0 bridgehead atoms. The van der Waals surface area contributed by atoms with Gasteiger partial charge in [-0.25, -0.2) is 0 Å². The van der Waals surface area contributed by atoms with Crippen LogP contribution < -0.4 is 0 Å². The predicted octanol–water partition coefficient (Wildman–Crippen LogP) is -0.0941. The predicted molar refractivity (Wildman–Crippen MR) is 36.0 cm³/mol. The van der Waals surface area contributed by atoms with Crippen LogP contribution in [0.3, 0.4) is 0 Å². The topological polar surface area (TPSA) is 52.6 Å². The number of hydrogen-bond donors (Lipinski definition) is 0. The molecule has 1 aliphatic rings. The monoisotopic (exact) mass is 158 g/mol. The summed E-state index contributed by atoms with van der Waals surface area (Å²) in [5.41, 5.74) is 0. The molecule has 1 aliphatic heterocycles. The zero-order valence-electron chi connectivity index (χ0n) is 6.49. The third kappa shape index (κ3) is 1.64. The van der Waals surface area contributed by atoms with Gasteiger partial charge in [0.25, 0.3) is 0 Å². The lowest BCUT2D eigenvalue weighted by molar-refractivity contribution is -0.132. The van der Waals surface area contributed by atoms with Crippen LogP contribution in [0.5, 0.6) is 0 Å². The molecule has 0 aromatic heterocycles. The molecule has 0 aromatic rings. The summed E-state index contributed by atoms with van der Waals surface area (Å²) < 4.78 is 9.79. The van der Waals surface area contributed by atoms with Crippen LogP contribution in [0.15, 0.2) is 0 Å². The highest BCUT2D eigenvalue weighted by atomic mass is 16.7. The van der Waals surface area contributed by atoms with Crippen molar-refractivity contribution in [2.75, 3.05) is 6.79 Å². The molecule has 1 fully saturated rings. The van der Waals surface area contributed by atoms with Crippen LogP contribution in [-0.4, -0.2) is 30.6 Å². The van der Waals surface area contributed by atoms with E-state index in [1.165, 1.54) is 13.8 Å². The van der Waals surface area contributed by atoms with Gasteiger partial charge in [-0.1, -0.05) is 0 Å². The number of carbonyl (C=O) groups is 2. The number of ketones is 2. The first-order valence-electron chi connectivity index (χ1n) is 3.37. The summed E-state index contributed by atoms with van der Waals surface area (Å²) in [4.78, 5) is 21.6. The zero-order chi connectivity index (χ0) is 8.43. The average Bonchev–Trinajstić information content (AvgIpc) is 2.32. The van der Waals surface area contributed by atoms with Crippen LogP contribution in [0, 0.1) is 0 Å². The first-order valence-corrected chi connectivity index (χ1v) is 3.37. The summed E-state index contributed by atoms with van der Waals surface area (Å²) in [5.74, 6) is -0.328. The van der Waals surface area contributed by atoms with Crippen molar-refractivity contribution in [1.82, 2.24) is 0 Å². The standard InChI is InChI=1S/C7H10O4/c1-4(8)6-7(5(2)9)11-3-10-6/h6-7H,3H2,1-2H3/t6-,7-/m0/s1. The maximum Gasteiger partial charge on any atom is 0.161 e. The molecule has 62 valence electrons. The fraction of sp³-hybridized carbons (Fsp3) is 0.714. The van der Waals surface area contributed by atoms with Crippen LogP contribution in [0.25, 0.3) is 0 Å². The van der Waals surface area contributed by atoms with Gasteiger partial charge in [0.2, 0.25) is 0 Å². The van der Waals surface area contributed by atoms with Gasteiger partial charge in [-0.3, -0.25) is 9.59 Å². The van der Waals surface area contributed by atoms with E-state index in [2.05, 4.69) is 0 Å². The Hall–Kier alpha value is -0.740. The summed E-state index contributed by atoms with van der Waals surface area (Å²) in [6.45, 7) is 2.80. The second-order valence-corrected chi connectivity index (χ2v) is 2.51. The number of carbonyl (C=O) groups excluding carboxylic acids is 2. The Morgan fingerprint density at radius 2 is 1.45 bits per heavy atom. The van der Waals surface area contributed by atoms with Gasteiger partial charge in [0.05, 0.1) is 0 Å². The maximum atomic E-state index is 10.8. The Bertz CT molecular complexity index is 167. The Morgan fingerprint density at radius 1 is 1.09 bits per heavy atom. The van der Waals surface area contributed by atoms with Crippen molar-refractivity contribution in [3.8, 4) is 0 Å². The highest BCUT2D eigenvalue weighted by molar-refractivity contribution is 5.91. The molecule has 4 nitrogen and oxygen atoms in total. The van der Waals surface area contributed by atoms with E-state index in [9.17, 15) is 9.59 Å². The second-order valence-electron chi connectivity index (χ2n) is 2.51. The van der Waals surface area contributed by atoms with Gasteiger partial charge in [0, 0.05) is 0 Å². The molecule has 1 heterocycles. The average molecular weight is 158 g/mol. The third-order valence-electron chi connectivity index (χ3n) is 1.57. The van der Waals surface area contributed by atoms with Gasteiger partial charge >= 0.3 is 0 Å². The van der Waals surface area contributed by atoms with E-state index < -0.39 is 12.2 Å². The third-order valence-corrected chi connectivity index (χ3v) is 1.57. The van der Waals surface area contributed by atoms with E-state index in [0.29, 0.717) is 0 Å². The zero-order valence-corrected chi connectivity index (χ0v) is 6.49. The molecule has 1 saturated heterocycles. The lowest BCUT2D eigenvalue weighted by Gasteiger charge is -2.09. The molecule has 0 unspecified atom stereocenters. The normalized spacial score (nSPS) is 30.4. The molecule has 0 N–H and O–H groups in total. The summed E-state index contributed by atoms with van der Waals surface area (Å²) in [5, 5.41) is 0. The molecule has 11 heavy (non-hydrogen) atoms. The fourth-order valence-corrected chi connectivity index (χ4v) is 1.02. The fourth-order valence-electron chi connectivity index (χ4n) is 1.02. The van der Waals surface area contributed by atoms with E-state index in [1.807, 2.05) is 0 Å². The van der Waals surface area contributed by atoms with Crippen molar-refractivity contribution >= 4 is 11.6 Å². The Morgan fingerprint density at radius 3 is 1.73 bits per heavy atom. The minimum atomic E-state index is -0.688. The minimum Gasteiger partial charge on any atom is -0.341 e. The van der Waals surface area contributed by atoms with E-state index in [1.54, 1.807) is 0 Å². The molecule has 0 amide bonds. The van der Waals surface area contributed by atoms with Crippen molar-refractivity contribution in [1.29, 1.82) is 0 Å². The molecular formula is C7H10O4. The molecule has 2 atom stereocenters. The number of rotatable bonds is 2. The summed E-state index contributed by atoms with van der Waals surface area (Å²) in [6.07, 6.45) is -1.38. The summed E-state index contributed by atoms with van der Waals surface area (Å²) in [7, 11) is 0. The van der Waals surface area contributed by atoms with Gasteiger partial charge in [0.15, 0.2) is 23.8 Å². The van der Waals surface area contributed by atoms with Crippen LogP contribution in [-0.2, 0) is 19.1 Å². The van der Waals surface area contributed by atoms with Gasteiger partial charge < -0.3 is 9.47 Å². The van der Waals surface area contributed by atoms with Crippen molar-refractivity contribution in [2.45, 2.75) is 26.1 Å². The highest BCUT2D eigenvalue weighted by Crippen LogP contribution is 2.14. The Labute approximate surface area is 64.5 Å². The number of ether oxygens (including phenoxy) is 2. The van der Waals surface area contributed by atoms with E-state index in [0.717, 1.165) is 0 Å². The van der Waals surface area contributed by atoms with E-state index in [-0.39, 0.29) is 18.4 Å². The first-order chi connectivity index (χ1) is 5.13. The van der Waals surface area contributed by atoms with Crippen LogP contribution in [0.1, 0.15) is 13.8 Å². The molecule has 4 heteroatoms. The van der Waals surface area contributed by atoms with Crippen molar-refractivity contribution in [3.05, 3.63) is 0 Å². The molecule has 0 spiro atoms. The van der Waals surface area contributed by atoms with Gasteiger partial charge in [-0.2, -0.15) is 0 Å². The smallest absolute Gasteiger partial charge is 0.161 e. The lowest BCUT2D eigenvalue weighted by atomic mass is 10.1. The number of hydrogen-bond acceptors (Lipinski definition) is 4. The van der Waals surface area contributed by atoms with Crippen molar-refractivity contribution in [2.24, 2.45) is 0 Å². The molecule has 1 rings (SSSR count). The second kappa shape index (κ2) is 3.11. The quantitative estimate of drug-likeness (QED) is 0.563. The largest absolute Gasteiger partial charge is 0.341 e. The van der Waals surface area contributed by atoms with Gasteiger partial charge in [-0.05, 0) is 13.8 Å². The summed E-state index contributed by atoms with van der Waals surface area (Å²) >= 11 is 0. The highest BCUT2D eigenvalue weighted by Gasteiger charge is 2.35. The van der Waals surface area contributed by atoms with Crippen molar-refractivity contribution in [3.63, 3.8) is 0 Å². The first kappa shape index (κ1) is 8.36. The SMILES string of the molecule is CC(=O)[C@@H]1OCO[C@H]1C(C)=O. The Balaban J connectivity index is 2.65. The minimum absolute atomic E-state index is 0.0362. The summed E-state index contributed by atoms with van der Waals surface area (Å²) in [6, 6.07) is 0. The molecule has 0 saturated carbocycles. The van der Waals surface area contributed by atoms with Crippen LogP contribution in [0.2, 0.25) is 0 Å². The van der Waals surface area contributed by atoms with Crippen molar-refractivity contribution < 1.29 is 19.1 Å². The van der Waals surface area contributed by atoms with E-state index in [4.69, 9.17) is 9.47 Å². The molecular weight excluding hydrogens is 148 g/mol. The lowest BCUT2D eigenvalue weighted by Crippen LogP contribution is -2.34. The van der Waals surface area contributed by atoms with Gasteiger partial charge in [-0.15, -0.1) is 0 Å². The molecule has 0 aliphatic carbocycles. The van der Waals surface area contributed by atoms with Crippen LogP contribution in [0.4, 0.5) is 0 Å². The maximum absolute atomic E-state index is 10.8. The molecule has 0 radical (unpaired) electrons. The van der Waals surface area contributed by atoms with Gasteiger partial charge in [0.1, 0.15) is 6.79 Å². The molecule has 0 aromatic carbocycles. The Kier molecular flexibility index (Phi) is 2.36.